The van der Waals surface area contributed by atoms with E-state index in [9.17, 15) is 0 Å². The fourth-order valence-corrected chi connectivity index (χ4v) is 2.41. The number of fused-ring (bicyclic) bond motifs is 1. The third-order valence-corrected chi connectivity index (χ3v) is 3.61. The van der Waals surface area contributed by atoms with E-state index in [2.05, 4.69) is 20.8 Å². The van der Waals surface area contributed by atoms with Crippen molar-refractivity contribution in [3.63, 3.8) is 0 Å². The minimum Gasteiger partial charge on any atom is -0.409 e. The Balaban J connectivity index is 1.95. The summed E-state index contributed by atoms with van der Waals surface area (Å²) >= 11 is 0. The van der Waals surface area contributed by atoms with Crippen LogP contribution in [-0.2, 0) is 6.54 Å². The van der Waals surface area contributed by atoms with Crippen molar-refractivity contribution in [2.24, 2.45) is 10.9 Å². The molecule has 3 N–H and O–H groups in total. The molecule has 0 unspecified atom stereocenters. The minimum atomic E-state index is 0.123. The Bertz CT molecular complexity index is 820. The Kier molecular flexibility index (Phi) is 3.31. The molecule has 5 heteroatoms. The molecule has 106 valence electrons. The van der Waals surface area contributed by atoms with Crippen molar-refractivity contribution < 1.29 is 5.21 Å². The van der Waals surface area contributed by atoms with E-state index in [-0.39, 0.29) is 5.84 Å². The maximum absolute atomic E-state index is 8.72. The van der Waals surface area contributed by atoms with Gasteiger partial charge in [-0.1, -0.05) is 29.4 Å². The number of amidine groups is 1. The number of benzene rings is 2. The highest BCUT2D eigenvalue weighted by Crippen LogP contribution is 2.17. The summed E-state index contributed by atoms with van der Waals surface area (Å²) in [6.45, 7) is 2.76. The maximum Gasteiger partial charge on any atom is 0.170 e. The minimum absolute atomic E-state index is 0.123. The number of hydrogen-bond acceptors (Lipinski definition) is 3. The van der Waals surface area contributed by atoms with Crippen LogP contribution in [0.4, 0.5) is 0 Å². The summed E-state index contributed by atoms with van der Waals surface area (Å²) < 4.78 is 2.11. The highest BCUT2D eigenvalue weighted by atomic mass is 16.4. The number of aryl methyl sites for hydroxylation is 1. The van der Waals surface area contributed by atoms with E-state index < -0.39 is 0 Å². The molecule has 0 amide bonds. The van der Waals surface area contributed by atoms with Crippen molar-refractivity contribution in [1.29, 1.82) is 0 Å². The van der Waals surface area contributed by atoms with Crippen LogP contribution in [0.3, 0.4) is 0 Å². The average molecular weight is 280 g/mol. The molecule has 3 rings (SSSR count). The van der Waals surface area contributed by atoms with Crippen LogP contribution in [0.1, 0.15) is 16.7 Å². The van der Waals surface area contributed by atoms with Crippen LogP contribution in [0.5, 0.6) is 0 Å². The number of hydrogen-bond donors (Lipinski definition) is 2. The maximum atomic E-state index is 8.72. The summed E-state index contributed by atoms with van der Waals surface area (Å²) in [6, 6.07) is 13.8. The van der Waals surface area contributed by atoms with E-state index in [1.54, 1.807) is 0 Å². The third-order valence-electron chi connectivity index (χ3n) is 3.61. The molecule has 0 aliphatic carbocycles. The van der Waals surface area contributed by atoms with Gasteiger partial charge in [-0.2, -0.15) is 0 Å². The van der Waals surface area contributed by atoms with Crippen molar-refractivity contribution >= 4 is 16.9 Å². The number of nitrogens with zero attached hydrogens (tertiary/aromatic N) is 3. The van der Waals surface area contributed by atoms with Gasteiger partial charge in [-0.15, -0.1) is 0 Å². The van der Waals surface area contributed by atoms with Crippen LogP contribution < -0.4 is 5.73 Å². The predicted octanol–water partition coefficient (Wildman–Crippen LogP) is 2.49. The Morgan fingerprint density at radius 2 is 2.10 bits per heavy atom. The van der Waals surface area contributed by atoms with Gasteiger partial charge in [0.25, 0.3) is 0 Å². The first-order valence-corrected chi connectivity index (χ1v) is 6.66. The average Bonchev–Trinajstić information content (AvgIpc) is 2.92. The van der Waals surface area contributed by atoms with Gasteiger partial charge in [0.1, 0.15) is 0 Å². The van der Waals surface area contributed by atoms with Gasteiger partial charge in [0, 0.05) is 12.1 Å². The topological polar surface area (TPSA) is 76.4 Å². The normalized spacial score (nSPS) is 12.0. The van der Waals surface area contributed by atoms with E-state index in [1.165, 1.54) is 5.56 Å². The smallest absolute Gasteiger partial charge is 0.170 e. The number of nitrogens with two attached hydrogens (primary N) is 1. The quantitative estimate of drug-likeness (QED) is 0.335. The van der Waals surface area contributed by atoms with E-state index in [1.807, 2.05) is 49.6 Å². The summed E-state index contributed by atoms with van der Waals surface area (Å²) in [5, 5.41) is 11.8. The van der Waals surface area contributed by atoms with Gasteiger partial charge in [-0.05, 0) is 36.2 Å². The van der Waals surface area contributed by atoms with Gasteiger partial charge in [0.05, 0.1) is 17.4 Å². The molecule has 0 atom stereocenters. The lowest BCUT2D eigenvalue weighted by molar-refractivity contribution is 0.318. The molecule has 0 spiro atoms. The highest BCUT2D eigenvalue weighted by molar-refractivity contribution is 5.97. The summed E-state index contributed by atoms with van der Waals surface area (Å²) in [7, 11) is 0. The first-order valence-electron chi connectivity index (χ1n) is 6.66. The Morgan fingerprint density at radius 3 is 2.86 bits per heavy atom. The van der Waals surface area contributed by atoms with Crippen LogP contribution in [0.25, 0.3) is 11.0 Å². The zero-order valence-corrected chi connectivity index (χ0v) is 11.7. The molecule has 1 aromatic heterocycles. The molecular weight excluding hydrogens is 264 g/mol. The molecule has 2 aromatic carbocycles. The summed E-state index contributed by atoms with van der Waals surface area (Å²) in [5.41, 5.74) is 10.7. The molecule has 0 radical (unpaired) electrons. The SMILES string of the molecule is Cc1cc(/C(N)=N/O)ccc1Cn1cnc2ccccc21. The number of oxime groups is 1. The second kappa shape index (κ2) is 5.28. The molecule has 21 heavy (non-hydrogen) atoms. The fraction of sp³-hybridized carbons (Fsp3) is 0.125. The van der Waals surface area contributed by atoms with Gasteiger partial charge >= 0.3 is 0 Å². The van der Waals surface area contributed by atoms with Gasteiger partial charge in [-0.3, -0.25) is 0 Å². The van der Waals surface area contributed by atoms with Crippen LogP contribution in [0.15, 0.2) is 53.9 Å². The molecule has 0 aliphatic heterocycles. The van der Waals surface area contributed by atoms with E-state index in [0.29, 0.717) is 5.56 Å². The number of para-hydroxylation sites is 2. The molecule has 0 aliphatic rings. The molecule has 0 saturated heterocycles. The Labute approximate surface area is 122 Å². The first-order chi connectivity index (χ1) is 10.2. The number of aromatic nitrogens is 2. The zero-order chi connectivity index (χ0) is 14.8. The predicted molar refractivity (Wildman–Crippen MR) is 82.5 cm³/mol. The van der Waals surface area contributed by atoms with E-state index >= 15 is 0 Å². The van der Waals surface area contributed by atoms with Gasteiger partial charge in [0.2, 0.25) is 0 Å². The Hall–Kier alpha value is -2.82. The molecule has 0 fully saturated rings. The lowest BCUT2D eigenvalue weighted by atomic mass is 10.0. The highest BCUT2D eigenvalue weighted by Gasteiger charge is 2.06. The van der Waals surface area contributed by atoms with Crippen LogP contribution >= 0.6 is 0 Å². The second-order valence-corrected chi connectivity index (χ2v) is 4.99. The molecule has 5 nitrogen and oxygen atoms in total. The Morgan fingerprint density at radius 1 is 1.29 bits per heavy atom. The third kappa shape index (κ3) is 2.45. The molecular formula is C16H16N4O. The van der Waals surface area contributed by atoms with Gasteiger partial charge in [-0.25, -0.2) is 4.98 Å². The van der Waals surface area contributed by atoms with Crippen molar-refractivity contribution in [3.8, 4) is 0 Å². The van der Waals surface area contributed by atoms with Crippen molar-refractivity contribution in [1.82, 2.24) is 9.55 Å². The van der Waals surface area contributed by atoms with Crippen molar-refractivity contribution in [2.45, 2.75) is 13.5 Å². The zero-order valence-electron chi connectivity index (χ0n) is 11.7. The summed E-state index contributed by atoms with van der Waals surface area (Å²) in [5.74, 6) is 0.123. The number of imidazole rings is 1. The van der Waals surface area contributed by atoms with Gasteiger partial charge in [0.15, 0.2) is 5.84 Å². The van der Waals surface area contributed by atoms with Crippen LogP contribution in [0.2, 0.25) is 0 Å². The van der Waals surface area contributed by atoms with Crippen molar-refractivity contribution in [2.75, 3.05) is 0 Å². The number of rotatable bonds is 3. The van der Waals surface area contributed by atoms with E-state index in [0.717, 1.165) is 23.1 Å². The van der Waals surface area contributed by atoms with Crippen molar-refractivity contribution in [3.05, 3.63) is 65.5 Å². The summed E-state index contributed by atoms with van der Waals surface area (Å²) in [4.78, 5) is 4.39. The lowest BCUT2D eigenvalue weighted by Gasteiger charge is -2.09. The lowest BCUT2D eigenvalue weighted by Crippen LogP contribution is -2.13. The molecule has 1 heterocycles. The molecule has 0 saturated carbocycles. The molecule has 0 bridgehead atoms. The first kappa shape index (κ1) is 13.2. The van der Waals surface area contributed by atoms with Gasteiger partial charge < -0.3 is 15.5 Å². The largest absolute Gasteiger partial charge is 0.409 e. The second-order valence-electron chi connectivity index (χ2n) is 4.99. The fourth-order valence-electron chi connectivity index (χ4n) is 2.41. The molecule has 3 aromatic rings. The van der Waals surface area contributed by atoms with Crippen LogP contribution in [0, 0.1) is 6.92 Å². The summed E-state index contributed by atoms with van der Waals surface area (Å²) in [6.07, 6.45) is 1.85. The van der Waals surface area contributed by atoms with E-state index in [4.69, 9.17) is 10.9 Å². The standard InChI is InChI=1S/C16H16N4O/c1-11-8-12(16(17)19-21)6-7-13(11)9-20-10-18-14-4-2-3-5-15(14)20/h2-8,10,21H,9H2,1H3,(H2,17,19). The monoisotopic (exact) mass is 280 g/mol. The van der Waals surface area contributed by atoms with Crippen LogP contribution in [-0.4, -0.2) is 20.6 Å².